The number of nitrogens with zero attached hydrogens (tertiary/aromatic N) is 2. The highest BCUT2D eigenvalue weighted by atomic mass is 16.6. The average Bonchev–Trinajstić information content (AvgIpc) is 2.46. The van der Waals surface area contributed by atoms with Crippen LogP contribution in [0.5, 0.6) is 0 Å². The van der Waals surface area contributed by atoms with E-state index in [1.54, 1.807) is 12.4 Å². The fraction of sp³-hybridized carbons (Fsp3) is 0.625. The summed E-state index contributed by atoms with van der Waals surface area (Å²) in [7, 11) is 0. The van der Waals surface area contributed by atoms with E-state index >= 15 is 0 Å². The number of morpholine rings is 1. The van der Waals surface area contributed by atoms with E-state index < -0.39 is 11.7 Å². The monoisotopic (exact) mass is 322 g/mol. The molecule has 0 bridgehead atoms. The number of rotatable bonds is 4. The van der Waals surface area contributed by atoms with Crippen molar-refractivity contribution < 1.29 is 14.3 Å². The molecule has 2 rings (SSSR count). The summed E-state index contributed by atoms with van der Waals surface area (Å²) >= 11 is 0. The number of ether oxygens (including phenoxy) is 2. The molecule has 1 aliphatic heterocycles. The van der Waals surface area contributed by atoms with Gasteiger partial charge < -0.3 is 20.5 Å². The molecule has 1 aromatic heterocycles. The van der Waals surface area contributed by atoms with E-state index in [0.717, 1.165) is 25.2 Å². The summed E-state index contributed by atoms with van der Waals surface area (Å²) in [5.41, 5.74) is 7.19. The second-order valence-corrected chi connectivity index (χ2v) is 6.69. The lowest BCUT2D eigenvalue weighted by molar-refractivity contribution is -0.0312. The van der Waals surface area contributed by atoms with E-state index in [-0.39, 0.29) is 6.10 Å². The van der Waals surface area contributed by atoms with Crippen LogP contribution in [-0.4, -0.2) is 53.9 Å². The zero-order valence-electron chi connectivity index (χ0n) is 14.0. The molecule has 23 heavy (non-hydrogen) atoms. The molecular weight excluding hydrogens is 296 g/mol. The maximum absolute atomic E-state index is 11.7. The van der Waals surface area contributed by atoms with Gasteiger partial charge in [0.2, 0.25) is 0 Å². The summed E-state index contributed by atoms with van der Waals surface area (Å²) in [5, 5.41) is 2.76. The Balaban J connectivity index is 1.79. The van der Waals surface area contributed by atoms with Crippen molar-refractivity contribution >= 4 is 11.8 Å². The highest BCUT2D eigenvalue weighted by Gasteiger charge is 2.23. The number of carbonyl (C=O) groups is 1. The van der Waals surface area contributed by atoms with Gasteiger partial charge in [-0.15, -0.1) is 0 Å². The highest BCUT2D eigenvalue weighted by Crippen LogP contribution is 2.15. The van der Waals surface area contributed by atoms with Crippen molar-refractivity contribution in [3.63, 3.8) is 0 Å². The minimum absolute atomic E-state index is 0.0562. The second-order valence-electron chi connectivity index (χ2n) is 6.69. The molecule has 0 radical (unpaired) electrons. The molecule has 7 nitrogen and oxygen atoms in total. The van der Waals surface area contributed by atoms with Crippen LogP contribution in [0.15, 0.2) is 18.5 Å². The normalized spacial score (nSPS) is 19.3. The van der Waals surface area contributed by atoms with Gasteiger partial charge in [-0.3, -0.25) is 9.88 Å². The smallest absolute Gasteiger partial charge is 0.407 e. The maximum atomic E-state index is 11.7. The third-order valence-electron chi connectivity index (χ3n) is 3.44. The van der Waals surface area contributed by atoms with Gasteiger partial charge in [0.25, 0.3) is 0 Å². The molecule has 3 N–H and O–H groups in total. The van der Waals surface area contributed by atoms with Gasteiger partial charge in [-0.25, -0.2) is 4.79 Å². The summed E-state index contributed by atoms with van der Waals surface area (Å²) in [5.74, 6) is 0. The number of pyridine rings is 1. The van der Waals surface area contributed by atoms with Gasteiger partial charge in [0.1, 0.15) is 5.60 Å². The Morgan fingerprint density at radius 1 is 1.57 bits per heavy atom. The first-order chi connectivity index (χ1) is 10.8. The van der Waals surface area contributed by atoms with Crippen LogP contribution in [0, 0.1) is 0 Å². The number of nitrogens with one attached hydrogen (secondary N) is 1. The van der Waals surface area contributed by atoms with Crippen molar-refractivity contribution in [2.75, 3.05) is 32.0 Å². The van der Waals surface area contributed by atoms with Gasteiger partial charge >= 0.3 is 6.09 Å². The lowest BCUT2D eigenvalue weighted by atomic mass is 10.2. The van der Waals surface area contributed by atoms with Crippen LogP contribution in [0.25, 0.3) is 0 Å². The first-order valence-electron chi connectivity index (χ1n) is 7.82. The van der Waals surface area contributed by atoms with E-state index in [9.17, 15) is 4.79 Å². The van der Waals surface area contributed by atoms with Gasteiger partial charge in [-0.2, -0.15) is 0 Å². The Bertz CT molecular complexity index is 530. The predicted octanol–water partition coefficient (Wildman–Crippen LogP) is 1.39. The summed E-state index contributed by atoms with van der Waals surface area (Å²) in [6, 6.07) is 1.93. The summed E-state index contributed by atoms with van der Waals surface area (Å²) in [6.45, 7) is 8.89. The van der Waals surface area contributed by atoms with Crippen LogP contribution in [0.3, 0.4) is 0 Å². The van der Waals surface area contributed by atoms with Crippen LogP contribution < -0.4 is 11.1 Å². The second kappa shape index (κ2) is 7.61. The van der Waals surface area contributed by atoms with Gasteiger partial charge in [0.15, 0.2) is 0 Å². The standard InChI is InChI=1S/C16H26N4O3/c1-16(2,3)23-15(21)19-8-13-11-20(6-7-22-13)10-12-4-5-18-9-14(12)17/h4-5,9,13H,6-8,10-11,17H2,1-3H3,(H,19,21). The molecule has 0 spiro atoms. The lowest BCUT2D eigenvalue weighted by Crippen LogP contribution is -2.47. The molecule has 0 aromatic carbocycles. The number of nitrogens with two attached hydrogens (primary N) is 1. The molecule has 1 fully saturated rings. The third kappa shape index (κ3) is 6.03. The quantitative estimate of drug-likeness (QED) is 0.871. The molecule has 7 heteroatoms. The fourth-order valence-electron chi connectivity index (χ4n) is 2.38. The molecule has 0 saturated carbocycles. The van der Waals surface area contributed by atoms with E-state index in [1.807, 2.05) is 26.8 Å². The SMILES string of the molecule is CC(C)(C)OC(=O)NCC1CN(Cc2ccncc2N)CCO1. The van der Waals surface area contributed by atoms with Crippen molar-refractivity contribution in [1.82, 2.24) is 15.2 Å². The predicted molar refractivity (Wildman–Crippen MR) is 87.9 cm³/mol. The van der Waals surface area contributed by atoms with Crippen LogP contribution >= 0.6 is 0 Å². The van der Waals surface area contributed by atoms with Crippen molar-refractivity contribution in [2.24, 2.45) is 0 Å². The van der Waals surface area contributed by atoms with Crippen LogP contribution in [0.1, 0.15) is 26.3 Å². The molecule has 1 saturated heterocycles. The summed E-state index contributed by atoms with van der Waals surface area (Å²) in [4.78, 5) is 18.0. The largest absolute Gasteiger partial charge is 0.444 e. The van der Waals surface area contributed by atoms with Crippen molar-refractivity contribution in [1.29, 1.82) is 0 Å². The zero-order chi connectivity index (χ0) is 16.9. The average molecular weight is 322 g/mol. The van der Waals surface area contributed by atoms with Gasteiger partial charge in [0.05, 0.1) is 24.6 Å². The number of carbonyl (C=O) groups excluding carboxylic acids is 1. The maximum Gasteiger partial charge on any atom is 0.407 e. The van der Waals surface area contributed by atoms with Gasteiger partial charge in [-0.1, -0.05) is 0 Å². The molecule has 1 atom stereocenters. The number of nitrogen functional groups attached to an aromatic ring is 1. The molecule has 2 heterocycles. The number of alkyl carbamates (subject to hydrolysis) is 1. The Kier molecular flexibility index (Phi) is 5.79. The molecule has 1 unspecified atom stereocenters. The van der Waals surface area contributed by atoms with E-state index in [4.69, 9.17) is 15.2 Å². The van der Waals surface area contributed by atoms with Crippen LogP contribution in [0.2, 0.25) is 0 Å². The molecule has 1 aliphatic rings. The molecule has 1 aromatic rings. The molecule has 0 aliphatic carbocycles. The zero-order valence-corrected chi connectivity index (χ0v) is 14.0. The van der Waals surface area contributed by atoms with E-state index in [1.165, 1.54) is 0 Å². The molecule has 128 valence electrons. The van der Waals surface area contributed by atoms with E-state index in [2.05, 4.69) is 15.2 Å². The van der Waals surface area contributed by atoms with Crippen molar-refractivity contribution in [2.45, 2.75) is 39.0 Å². The number of hydrogen-bond acceptors (Lipinski definition) is 6. The number of hydrogen-bond donors (Lipinski definition) is 2. The Morgan fingerprint density at radius 3 is 3.04 bits per heavy atom. The summed E-state index contributed by atoms with van der Waals surface area (Å²) in [6.07, 6.45) is 2.93. The fourth-order valence-corrected chi connectivity index (χ4v) is 2.38. The first kappa shape index (κ1) is 17.5. The Morgan fingerprint density at radius 2 is 2.35 bits per heavy atom. The first-order valence-corrected chi connectivity index (χ1v) is 7.82. The van der Waals surface area contributed by atoms with Crippen molar-refractivity contribution in [3.05, 3.63) is 24.0 Å². The van der Waals surface area contributed by atoms with Crippen LogP contribution in [0.4, 0.5) is 10.5 Å². The summed E-state index contributed by atoms with van der Waals surface area (Å²) < 4.78 is 10.9. The topological polar surface area (TPSA) is 89.7 Å². The Labute approximate surface area is 137 Å². The number of anilines is 1. The van der Waals surface area contributed by atoms with E-state index in [0.29, 0.717) is 18.8 Å². The Hall–Kier alpha value is -1.86. The molecular formula is C16H26N4O3. The minimum atomic E-state index is -0.498. The van der Waals surface area contributed by atoms with Gasteiger partial charge in [0, 0.05) is 32.4 Å². The van der Waals surface area contributed by atoms with Gasteiger partial charge in [-0.05, 0) is 32.4 Å². The lowest BCUT2D eigenvalue weighted by Gasteiger charge is -2.33. The van der Waals surface area contributed by atoms with Crippen LogP contribution in [-0.2, 0) is 16.0 Å². The van der Waals surface area contributed by atoms with Crippen molar-refractivity contribution in [3.8, 4) is 0 Å². The number of aromatic nitrogens is 1. The third-order valence-corrected chi connectivity index (χ3v) is 3.44. The molecule has 1 amide bonds. The minimum Gasteiger partial charge on any atom is -0.444 e. The number of amides is 1. The highest BCUT2D eigenvalue weighted by molar-refractivity contribution is 5.67.